The van der Waals surface area contributed by atoms with Gasteiger partial charge in [0, 0.05) is 12.8 Å². The fourth-order valence-corrected chi connectivity index (χ4v) is 3.19. The highest BCUT2D eigenvalue weighted by Crippen LogP contribution is 2.16. The quantitative estimate of drug-likeness (QED) is 0.640. The molecule has 0 radical (unpaired) electrons. The highest BCUT2D eigenvalue weighted by molar-refractivity contribution is 8.00. The van der Waals surface area contributed by atoms with E-state index < -0.39 is 0 Å². The lowest BCUT2D eigenvalue weighted by molar-refractivity contribution is -0.117. The summed E-state index contributed by atoms with van der Waals surface area (Å²) in [5, 5.41) is 0.933. The first kappa shape index (κ1) is 19.3. The molecular weight excluding hydrogens is 312 g/mol. The number of hydrogen-bond donors (Lipinski definition) is 0. The van der Waals surface area contributed by atoms with Gasteiger partial charge in [0.15, 0.2) is 0 Å². The number of hydrogen-bond acceptors (Lipinski definition) is 4. The monoisotopic (exact) mass is 338 g/mol. The number of rotatable bonds is 10. The first-order chi connectivity index (χ1) is 10.4. The van der Waals surface area contributed by atoms with Crippen molar-refractivity contribution in [1.82, 2.24) is 0 Å². The number of carbonyl (C=O) groups excluding carboxylic acids is 2. The molecule has 0 spiro atoms. The van der Waals surface area contributed by atoms with Crippen LogP contribution in [0.3, 0.4) is 0 Å². The summed E-state index contributed by atoms with van der Waals surface area (Å²) in [7, 11) is 0. The minimum atomic E-state index is 0.232. The molecule has 0 aliphatic rings. The van der Waals surface area contributed by atoms with Crippen LogP contribution in [-0.4, -0.2) is 33.6 Å². The van der Waals surface area contributed by atoms with Crippen LogP contribution in [0.1, 0.15) is 38.8 Å². The molecule has 0 N–H and O–H groups in total. The highest BCUT2D eigenvalue weighted by Gasteiger charge is 2.12. The molecule has 0 saturated heterocycles. The van der Waals surface area contributed by atoms with Gasteiger partial charge in [0.2, 0.25) is 0 Å². The molecule has 0 aliphatic heterocycles. The summed E-state index contributed by atoms with van der Waals surface area (Å²) < 4.78 is 0. The molecule has 0 atom stereocenters. The van der Waals surface area contributed by atoms with Crippen LogP contribution in [0.15, 0.2) is 24.3 Å². The summed E-state index contributed by atoms with van der Waals surface area (Å²) in [5.74, 6) is 1.55. The molecule has 0 fully saturated rings. The van der Waals surface area contributed by atoms with Crippen molar-refractivity contribution in [1.29, 1.82) is 0 Å². The second kappa shape index (κ2) is 10.1. The van der Waals surface area contributed by atoms with Crippen molar-refractivity contribution in [3.05, 3.63) is 35.4 Å². The Hall–Kier alpha value is -0.740. The molecule has 0 heterocycles. The minimum absolute atomic E-state index is 0.232. The molecule has 0 bridgehead atoms. The molecule has 4 heteroatoms. The first-order valence-electron chi connectivity index (χ1n) is 7.72. The predicted octanol–water partition coefficient (Wildman–Crippen LogP) is 4.19. The Morgan fingerprint density at radius 2 is 1.18 bits per heavy atom. The van der Waals surface area contributed by atoms with E-state index in [-0.39, 0.29) is 11.6 Å². The molecule has 1 aromatic carbocycles. The summed E-state index contributed by atoms with van der Waals surface area (Å²) >= 11 is 3.34. The lowest BCUT2D eigenvalue weighted by atomic mass is 9.99. The maximum absolute atomic E-state index is 12.1. The van der Waals surface area contributed by atoms with Crippen molar-refractivity contribution in [2.45, 2.75) is 51.0 Å². The topological polar surface area (TPSA) is 34.1 Å². The Morgan fingerprint density at radius 1 is 0.818 bits per heavy atom. The van der Waals surface area contributed by atoms with E-state index >= 15 is 0 Å². The van der Waals surface area contributed by atoms with Gasteiger partial charge in [0.1, 0.15) is 11.6 Å². The van der Waals surface area contributed by atoms with Crippen molar-refractivity contribution in [2.24, 2.45) is 0 Å². The summed E-state index contributed by atoms with van der Waals surface area (Å²) in [6.45, 7) is 8.38. The molecule has 0 aliphatic carbocycles. The van der Waals surface area contributed by atoms with Crippen LogP contribution in [0.4, 0.5) is 0 Å². The van der Waals surface area contributed by atoms with Gasteiger partial charge < -0.3 is 0 Å². The van der Waals surface area contributed by atoms with Gasteiger partial charge in [-0.25, -0.2) is 0 Å². The maximum Gasteiger partial charge on any atom is 0.147 e. The fraction of sp³-hybridized carbons (Fsp3) is 0.556. The second-order valence-corrected chi connectivity index (χ2v) is 9.05. The van der Waals surface area contributed by atoms with E-state index in [0.29, 0.717) is 34.8 Å². The van der Waals surface area contributed by atoms with Gasteiger partial charge in [-0.1, -0.05) is 52.0 Å². The summed E-state index contributed by atoms with van der Waals surface area (Å²) in [4.78, 5) is 24.1. The average molecular weight is 339 g/mol. The van der Waals surface area contributed by atoms with Gasteiger partial charge in [-0.3, -0.25) is 9.59 Å². The maximum atomic E-state index is 12.1. The van der Waals surface area contributed by atoms with Crippen LogP contribution in [0.2, 0.25) is 0 Å². The van der Waals surface area contributed by atoms with E-state index in [4.69, 9.17) is 0 Å². The third-order valence-corrected chi connectivity index (χ3v) is 5.36. The van der Waals surface area contributed by atoms with Gasteiger partial charge in [0.25, 0.3) is 0 Å². The standard InChI is InChI=1S/C18H26O2S2/c1-13(2)21-11-17(19)9-15-7-5-6-8-16(15)10-18(20)12-22-14(3)4/h5-8,13-14H,9-12H2,1-4H3. The fourth-order valence-electron chi connectivity index (χ4n) is 1.95. The molecule has 122 valence electrons. The van der Waals surface area contributed by atoms with Crippen LogP contribution in [0, 0.1) is 0 Å². The van der Waals surface area contributed by atoms with Crippen LogP contribution in [0.5, 0.6) is 0 Å². The largest absolute Gasteiger partial charge is 0.298 e. The molecular formula is C18H26O2S2. The van der Waals surface area contributed by atoms with Crippen LogP contribution in [0.25, 0.3) is 0 Å². The molecule has 1 rings (SSSR count). The molecule has 22 heavy (non-hydrogen) atoms. The van der Waals surface area contributed by atoms with E-state index in [0.717, 1.165) is 11.1 Å². The van der Waals surface area contributed by atoms with Crippen LogP contribution >= 0.6 is 23.5 Å². The minimum Gasteiger partial charge on any atom is -0.298 e. The number of carbonyl (C=O) groups is 2. The highest BCUT2D eigenvalue weighted by atomic mass is 32.2. The van der Waals surface area contributed by atoms with E-state index in [1.165, 1.54) is 0 Å². The van der Waals surface area contributed by atoms with E-state index in [1.54, 1.807) is 23.5 Å². The van der Waals surface area contributed by atoms with Crippen molar-refractivity contribution < 1.29 is 9.59 Å². The number of thioether (sulfide) groups is 2. The van der Waals surface area contributed by atoms with Crippen LogP contribution < -0.4 is 0 Å². The Labute approximate surface area is 142 Å². The van der Waals surface area contributed by atoms with Gasteiger partial charge in [-0.2, -0.15) is 23.5 Å². The third kappa shape index (κ3) is 8.04. The number of ketones is 2. The summed E-state index contributed by atoms with van der Waals surface area (Å²) in [6, 6.07) is 7.82. The summed E-state index contributed by atoms with van der Waals surface area (Å²) in [6.07, 6.45) is 0.862. The average Bonchev–Trinajstić information content (AvgIpc) is 2.45. The molecule has 0 amide bonds. The van der Waals surface area contributed by atoms with Gasteiger partial charge in [-0.15, -0.1) is 0 Å². The zero-order valence-electron chi connectivity index (χ0n) is 13.9. The Bertz CT molecular complexity index is 451. The van der Waals surface area contributed by atoms with Gasteiger partial charge in [0.05, 0.1) is 11.5 Å². The molecule has 2 nitrogen and oxygen atoms in total. The van der Waals surface area contributed by atoms with E-state index in [9.17, 15) is 9.59 Å². The van der Waals surface area contributed by atoms with E-state index in [1.807, 2.05) is 24.3 Å². The summed E-state index contributed by atoms with van der Waals surface area (Å²) in [5.41, 5.74) is 2.00. The van der Waals surface area contributed by atoms with Gasteiger partial charge in [-0.05, 0) is 21.6 Å². The van der Waals surface area contributed by atoms with Crippen molar-refractivity contribution in [2.75, 3.05) is 11.5 Å². The van der Waals surface area contributed by atoms with Crippen molar-refractivity contribution >= 4 is 35.1 Å². The Kier molecular flexibility index (Phi) is 8.88. The molecule has 1 aromatic rings. The number of Topliss-reactive ketones (excluding diaryl/α,β-unsaturated/α-hetero) is 2. The van der Waals surface area contributed by atoms with Gasteiger partial charge >= 0.3 is 0 Å². The molecule has 0 aromatic heterocycles. The molecule has 0 unspecified atom stereocenters. The Balaban J connectivity index is 2.61. The zero-order chi connectivity index (χ0) is 16.5. The number of benzene rings is 1. The molecule has 0 saturated carbocycles. The first-order valence-corrected chi connectivity index (χ1v) is 9.81. The lowest BCUT2D eigenvalue weighted by Gasteiger charge is -2.10. The zero-order valence-corrected chi connectivity index (χ0v) is 15.6. The predicted molar refractivity (Wildman–Crippen MR) is 99.1 cm³/mol. The third-order valence-electron chi connectivity index (χ3n) is 3.05. The van der Waals surface area contributed by atoms with E-state index in [2.05, 4.69) is 27.7 Å². The van der Waals surface area contributed by atoms with Crippen molar-refractivity contribution in [3.63, 3.8) is 0 Å². The normalized spacial score (nSPS) is 11.2. The smallest absolute Gasteiger partial charge is 0.147 e. The Morgan fingerprint density at radius 3 is 1.50 bits per heavy atom. The van der Waals surface area contributed by atoms with Crippen LogP contribution in [-0.2, 0) is 22.4 Å². The second-order valence-electron chi connectivity index (χ2n) is 5.92. The lowest BCUT2D eigenvalue weighted by Crippen LogP contribution is -2.13. The SMILES string of the molecule is CC(C)SCC(=O)Cc1ccccc1CC(=O)CSC(C)C. The van der Waals surface area contributed by atoms with Crippen molar-refractivity contribution in [3.8, 4) is 0 Å².